The van der Waals surface area contributed by atoms with Crippen LogP contribution < -0.4 is 0 Å². The van der Waals surface area contributed by atoms with Crippen LogP contribution in [0.15, 0.2) is 0 Å². The van der Waals surface area contributed by atoms with E-state index in [1.165, 1.54) is 0 Å². The molecule has 0 radical (unpaired) electrons. The molecule has 3 aliphatic heterocycles. The SMILES string of the molecule is C[C@H](CCC(=O)OCCC(F)(F)C(F)(F)S(=O)(=O)[O-])[C@H]1CC[C@H]2[C@@H]3C(=O)CC4CC(=O)CC[C@]4(C)[C@H]3CC(=O)[C@]12C.O=C(OCCC(F)(F)C(F)(F)S(=O)(=O)[O-])C1C2OC3C(OC(=O)C31)C2O. The molecule has 7 fully saturated rings. The van der Waals surface area contributed by atoms with Gasteiger partial charge < -0.3 is 33.2 Å². The highest BCUT2D eigenvalue weighted by Crippen LogP contribution is 2.66. The summed E-state index contributed by atoms with van der Waals surface area (Å²) in [7, 11) is -13.3. The molecule has 67 heavy (non-hydrogen) atoms. The molecule has 0 amide bonds. The van der Waals surface area contributed by atoms with Gasteiger partial charge in [0.2, 0.25) is 0 Å². The second-order valence-corrected chi connectivity index (χ2v) is 22.1. The van der Waals surface area contributed by atoms with Gasteiger partial charge in [-0.25, -0.2) is 16.8 Å². The van der Waals surface area contributed by atoms with E-state index in [1.54, 1.807) is 0 Å². The van der Waals surface area contributed by atoms with Crippen LogP contribution in [0.4, 0.5) is 35.1 Å². The van der Waals surface area contributed by atoms with E-state index in [0.29, 0.717) is 38.5 Å². The van der Waals surface area contributed by atoms with Crippen molar-refractivity contribution in [2.45, 2.75) is 138 Å². The van der Waals surface area contributed by atoms with Gasteiger partial charge in [-0.3, -0.25) is 28.8 Å². The van der Waals surface area contributed by atoms with Crippen molar-refractivity contribution in [3.63, 3.8) is 0 Å². The van der Waals surface area contributed by atoms with Crippen molar-refractivity contribution < 1.29 is 114 Å². The average Bonchev–Trinajstić information content (AvgIpc) is 3.93. The quantitative estimate of drug-likeness (QED) is 0.106. The lowest BCUT2D eigenvalue weighted by Gasteiger charge is -2.58. The van der Waals surface area contributed by atoms with Crippen molar-refractivity contribution in [3.8, 4) is 0 Å². The van der Waals surface area contributed by atoms with Gasteiger partial charge in [0.1, 0.15) is 47.5 Å². The Morgan fingerprint density at radius 3 is 1.94 bits per heavy atom. The van der Waals surface area contributed by atoms with Crippen LogP contribution in [-0.4, -0.2) is 126 Å². The molecule has 14 atom stereocenters. The third-order valence-electron chi connectivity index (χ3n) is 15.7. The minimum Gasteiger partial charge on any atom is -0.743 e. The van der Waals surface area contributed by atoms with Gasteiger partial charge >= 0.3 is 40.3 Å². The molecule has 0 aromatic carbocycles. The highest BCUT2D eigenvalue weighted by molar-refractivity contribution is 7.87. The van der Waals surface area contributed by atoms with E-state index in [4.69, 9.17) is 9.47 Å². The first-order valence-electron chi connectivity index (χ1n) is 21.4. The summed E-state index contributed by atoms with van der Waals surface area (Å²) in [5, 5.41) is -1.87. The number of rotatable bonds is 15. The minimum atomic E-state index is -6.64. The van der Waals surface area contributed by atoms with Gasteiger partial charge in [0, 0.05) is 43.4 Å². The molecule has 17 nitrogen and oxygen atoms in total. The maximum absolute atomic E-state index is 13.8. The summed E-state index contributed by atoms with van der Waals surface area (Å²) in [6, 6.07) is 0. The Kier molecular flexibility index (Phi) is 14.1. The Bertz CT molecular complexity index is 2260. The molecule has 4 aliphatic carbocycles. The maximum Gasteiger partial charge on any atom is 0.396 e. The molecule has 7 rings (SSSR count). The van der Waals surface area contributed by atoms with Gasteiger partial charge in [0.15, 0.2) is 26.3 Å². The number of carbonyl (C=O) groups is 6. The summed E-state index contributed by atoms with van der Waals surface area (Å²) in [5.41, 5.74) is -1.01. The largest absolute Gasteiger partial charge is 0.743 e. The van der Waals surface area contributed by atoms with Crippen LogP contribution in [0.5, 0.6) is 0 Å². The summed E-state index contributed by atoms with van der Waals surface area (Å²) < 4.78 is 188. The van der Waals surface area contributed by atoms with Gasteiger partial charge in [0.25, 0.3) is 0 Å². The molecule has 1 N–H and O–H groups in total. The molecule has 380 valence electrons. The molecule has 0 aromatic heterocycles. The van der Waals surface area contributed by atoms with Crippen LogP contribution in [0.3, 0.4) is 0 Å². The number of ether oxygens (including phenoxy) is 4. The number of hydrogen-bond donors (Lipinski definition) is 1. The normalized spacial score (nSPS) is 36.6. The second kappa shape index (κ2) is 17.8. The van der Waals surface area contributed by atoms with E-state index >= 15 is 0 Å². The fraction of sp³-hybridized carbons (Fsp3) is 0.850. The molecule has 27 heteroatoms. The molecule has 2 bridgehead atoms. The predicted octanol–water partition coefficient (Wildman–Crippen LogP) is 3.69. The van der Waals surface area contributed by atoms with Crippen molar-refractivity contribution in [2.24, 2.45) is 58.2 Å². The molecule has 0 spiro atoms. The first kappa shape index (κ1) is 53.0. The van der Waals surface area contributed by atoms with E-state index in [-0.39, 0.29) is 77.5 Å². The summed E-state index contributed by atoms with van der Waals surface area (Å²) in [5.74, 6) is -16.5. The molecule has 3 heterocycles. The molecular weight excluding hydrogens is 969 g/mol. The van der Waals surface area contributed by atoms with Gasteiger partial charge in [-0.05, 0) is 60.7 Å². The number of aliphatic hydroxyl groups excluding tert-OH is 1. The second-order valence-electron chi connectivity index (χ2n) is 19.2. The predicted molar refractivity (Wildman–Crippen MR) is 201 cm³/mol. The lowest BCUT2D eigenvalue weighted by molar-refractivity contribution is -0.178. The number of aliphatic hydroxyl groups is 1. The Hall–Kier alpha value is -3.40. The van der Waals surface area contributed by atoms with E-state index in [9.17, 15) is 94.9 Å². The van der Waals surface area contributed by atoms with Crippen molar-refractivity contribution in [1.29, 1.82) is 0 Å². The molecule has 0 aromatic rings. The van der Waals surface area contributed by atoms with Crippen molar-refractivity contribution in [1.82, 2.24) is 0 Å². The lowest BCUT2D eigenvalue weighted by atomic mass is 9.44. The number of ketones is 3. The molecule has 3 saturated heterocycles. The number of Topliss-reactive ketones (excluding diaryl/α,β-unsaturated/α-hetero) is 3. The van der Waals surface area contributed by atoms with Crippen LogP contribution in [0.25, 0.3) is 0 Å². The summed E-state index contributed by atoms with van der Waals surface area (Å²) in [4.78, 5) is 75.3. The Labute approximate surface area is 378 Å². The Morgan fingerprint density at radius 1 is 0.806 bits per heavy atom. The number of carbonyl (C=O) groups excluding carboxylic acids is 6. The van der Waals surface area contributed by atoms with Gasteiger partial charge in [-0.1, -0.05) is 20.8 Å². The maximum atomic E-state index is 13.8. The third kappa shape index (κ3) is 8.91. The van der Waals surface area contributed by atoms with Gasteiger partial charge in [0.05, 0.1) is 26.1 Å². The highest BCUT2D eigenvalue weighted by atomic mass is 32.2. The average molecular weight is 1020 g/mol. The third-order valence-corrected chi connectivity index (χ3v) is 17.6. The monoisotopic (exact) mass is 1020 g/mol. The van der Waals surface area contributed by atoms with E-state index < -0.39 is 128 Å². The van der Waals surface area contributed by atoms with Crippen LogP contribution in [0.2, 0.25) is 0 Å². The molecule has 7 unspecified atom stereocenters. The van der Waals surface area contributed by atoms with Gasteiger partial charge in [-0.2, -0.15) is 35.1 Å². The van der Waals surface area contributed by atoms with Crippen LogP contribution >= 0.6 is 0 Å². The van der Waals surface area contributed by atoms with Crippen molar-refractivity contribution >= 4 is 55.5 Å². The number of fused-ring (bicyclic) bond motifs is 6. The van der Waals surface area contributed by atoms with Crippen LogP contribution in [0.1, 0.15) is 91.4 Å². The van der Waals surface area contributed by atoms with Crippen LogP contribution in [0, 0.1) is 58.2 Å². The summed E-state index contributed by atoms with van der Waals surface area (Å²) >= 11 is 0. The Morgan fingerprint density at radius 2 is 1.37 bits per heavy atom. The standard InChI is InChI=1S/C28H38F4O8S.C12H12F4O9S/c1-15(4-7-23(36)40-11-10-27(29,30)28(31,32)41(37,38)39)18-5-6-19-24-20(14-22(35)26(18,19)3)25(2)9-8-17(33)12-16(25)13-21(24)34;13-11(14,12(15,16)26(20,21)22)1-2-23-9(18)3-4-7-8(25-10(4)19)5(17)6(3)24-7/h15-16,18-20,24H,4-14H2,1-3H3,(H,37,38,39);3-8,17H,1-2H2,(H,20,21,22)/p-2/t15-,16?,18-,19+,20+,24+,25+,26-;/m1./s1. The van der Waals surface area contributed by atoms with E-state index in [1.807, 2.05) is 13.8 Å². The molecular formula is C40H48F8O17S2-2. The first-order chi connectivity index (χ1) is 30.6. The zero-order chi connectivity index (χ0) is 50.4. The zero-order valence-corrected chi connectivity index (χ0v) is 37.6. The van der Waals surface area contributed by atoms with E-state index in [0.717, 1.165) is 0 Å². The Balaban J connectivity index is 0.000000244. The fourth-order valence-electron chi connectivity index (χ4n) is 12.0. The topological polar surface area (TPSA) is 274 Å². The van der Waals surface area contributed by atoms with Crippen molar-refractivity contribution in [2.75, 3.05) is 13.2 Å². The molecule has 7 aliphatic rings. The number of alkyl halides is 8. The van der Waals surface area contributed by atoms with E-state index in [2.05, 4.69) is 16.4 Å². The summed E-state index contributed by atoms with van der Waals surface area (Å²) in [6.45, 7) is 3.34. The first-order valence-corrected chi connectivity index (χ1v) is 24.2. The smallest absolute Gasteiger partial charge is 0.396 e. The van der Waals surface area contributed by atoms with Crippen LogP contribution in [-0.2, 0) is 68.0 Å². The summed E-state index contributed by atoms with van der Waals surface area (Å²) in [6.07, 6.45) is -4.68. The molecule has 4 saturated carbocycles. The van der Waals surface area contributed by atoms with Crippen molar-refractivity contribution in [3.05, 3.63) is 0 Å². The fourth-order valence-corrected chi connectivity index (χ4v) is 12.9. The number of esters is 3. The minimum absolute atomic E-state index is 0.0346. The highest BCUT2D eigenvalue weighted by Gasteiger charge is 2.71. The lowest BCUT2D eigenvalue weighted by Crippen LogP contribution is -2.60. The zero-order valence-electron chi connectivity index (χ0n) is 35.9. The number of halogens is 8. The van der Waals surface area contributed by atoms with Gasteiger partial charge in [-0.15, -0.1) is 0 Å². The number of hydrogen-bond acceptors (Lipinski definition) is 17.